The van der Waals surface area contributed by atoms with Gasteiger partial charge in [-0.15, -0.1) is 0 Å². The van der Waals surface area contributed by atoms with E-state index >= 15 is 0 Å². The van der Waals surface area contributed by atoms with Gasteiger partial charge in [-0.25, -0.2) is 12.7 Å². The predicted molar refractivity (Wildman–Crippen MR) is 80.0 cm³/mol. The van der Waals surface area contributed by atoms with Crippen molar-refractivity contribution in [2.45, 2.75) is 31.6 Å². The summed E-state index contributed by atoms with van der Waals surface area (Å²) in [5, 5.41) is 2.67. The van der Waals surface area contributed by atoms with Crippen molar-refractivity contribution in [3.63, 3.8) is 0 Å². The van der Waals surface area contributed by atoms with E-state index in [0.717, 1.165) is 12.8 Å². The summed E-state index contributed by atoms with van der Waals surface area (Å²) in [6.07, 6.45) is 1.74. The summed E-state index contributed by atoms with van der Waals surface area (Å²) < 4.78 is 31.8. The zero-order valence-corrected chi connectivity index (χ0v) is 13.3. The first kappa shape index (κ1) is 15.8. The first-order valence-corrected chi connectivity index (χ1v) is 8.34. The minimum Gasteiger partial charge on any atom is -0.482 e. The fourth-order valence-electron chi connectivity index (χ4n) is 2.16. The Morgan fingerprint density at radius 2 is 2.10 bits per heavy atom. The Morgan fingerprint density at radius 3 is 2.76 bits per heavy atom. The number of amides is 1. The van der Waals surface area contributed by atoms with Crippen LogP contribution in [-0.4, -0.2) is 38.8 Å². The third kappa shape index (κ3) is 3.19. The van der Waals surface area contributed by atoms with Gasteiger partial charge in [0, 0.05) is 19.7 Å². The lowest BCUT2D eigenvalue weighted by molar-refractivity contribution is -0.118. The van der Waals surface area contributed by atoms with Crippen LogP contribution in [0.3, 0.4) is 0 Å². The molecule has 1 heterocycles. The van der Waals surface area contributed by atoms with Crippen LogP contribution in [-0.2, 0) is 14.8 Å². The highest BCUT2D eigenvalue weighted by atomic mass is 32.2. The van der Waals surface area contributed by atoms with Gasteiger partial charge in [0.2, 0.25) is 10.0 Å². The summed E-state index contributed by atoms with van der Waals surface area (Å²) in [7, 11) is -1.97. The smallest absolute Gasteiger partial charge is 0.262 e. The lowest BCUT2D eigenvalue weighted by atomic mass is 10.2. The van der Waals surface area contributed by atoms with Crippen LogP contribution in [0, 0.1) is 6.92 Å². The number of anilines is 1. The molecule has 1 aliphatic rings. The Kier molecular flexibility index (Phi) is 4.53. The Morgan fingerprint density at radius 1 is 1.38 bits per heavy atom. The second kappa shape index (κ2) is 6.03. The van der Waals surface area contributed by atoms with E-state index in [2.05, 4.69) is 5.32 Å². The van der Waals surface area contributed by atoms with Crippen LogP contribution >= 0.6 is 0 Å². The molecule has 0 saturated heterocycles. The van der Waals surface area contributed by atoms with Gasteiger partial charge < -0.3 is 10.1 Å². The molecule has 0 fully saturated rings. The highest BCUT2D eigenvalue weighted by Crippen LogP contribution is 2.33. The maximum Gasteiger partial charge on any atom is 0.262 e. The number of unbranched alkanes of at least 4 members (excludes halogenated alkanes) is 1. The van der Waals surface area contributed by atoms with Gasteiger partial charge in [0.15, 0.2) is 6.61 Å². The Balaban J connectivity index is 2.38. The molecule has 0 radical (unpaired) electrons. The van der Waals surface area contributed by atoms with Gasteiger partial charge in [0.05, 0.1) is 10.6 Å². The maximum atomic E-state index is 12.6. The second-order valence-electron chi connectivity index (χ2n) is 5.13. The van der Waals surface area contributed by atoms with E-state index in [1.807, 2.05) is 6.92 Å². The number of hydrogen-bond donors (Lipinski definition) is 1. The third-order valence-electron chi connectivity index (χ3n) is 3.42. The van der Waals surface area contributed by atoms with Gasteiger partial charge in [-0.05, 0) is 25.0 Å². The van der Waals surface area contributed by atoms with E-state index in [-0.39, 0.29) is 17.4 Å². The van der Waals surface area contributed by atoms with Crippen molar-refractivity contribution < 1.29 is 17.9 Å². The molecule has 0 aliphatic carbocycles. The average molecular weight is 312 g/mol. The van der Waals surface area contributed by atoms with Crippen molar-refractivity contribution in [3.8, 4) is 5.75 Å². The first-order valence-electron chi connectivity index (χ1n) is 6.90. The molecular formula is C14H20N2O4S. The number of fused-ring (bicyclic) bond motifs is 1. The fraction of sp³-hybridized carbons (Fsp3) is 0.500. The Bertz CT molecular complexity index is 655. The monoisotopic (exact) mass is 312 g/mol. The number of rotatable bonds is 5. The van der Waals surface area contributed by atoms with Crippen molar-refractivity contribution in [1.82, 2.24) is 4.31 Å². The fourth-order valence-corrected chi connectivity index (χ4v) is 3.59. The molecule has 7 heteroatoms. The van der Waals surface area contributed by atoms with Gasteiger partial charge in [-0.2, -0.15) is 0 Å². The van der Waals surface area contributed by atoms with E-state index in [4.69, 9.17) is 4.74 Å². The quantitative estimate of drug-likeness (QED) is 0.898. The number of carbonyl (C=O) groups is 1. The number of ether oxygens (including phenoxy) is 1. The average Bonchev–Trinajstić information content (AvgIpc) is 2.43. The molecule has 0 aromatic heterocycles. The molecule has 1 aromatic rings. The van der Waals surface area contributed by atoms with Gasteiger partial charge in [-0.1, -0.05) is 13.3 Å². The van der Waals surface area contributed by atoms with Crippen LogP contribution in [0.2, 0.25) is 0 Å². The minimum absolute atomic E-state index is 0.0960. The summed E-state index contributed by atoms with van der Waals surface area (Å²) >= 11 is 0. The first-order chi connectivity index (χ1) is 9.86. The number of nitrogens with zero attached hydrogens (tertiary/aromatic N) is 1. The largest absolute Gasteiger partial charge is 0.482 e. The molecule has 1 aromatic carbocycles. The molecule has 0 bridgehead atoms. The van der Waals surface area contributed by atoms with Crippen molar-refractivity contribution >= 4 is 21.6 Å². The molecule has 116 valence electrons. The third-order valence-corrected chi connectivity index (χ3v) is 5.42. The number of benzene rings is 1. The van der Waals surface area contributed by atoms with Crippen LogP contribution in [0.1, 0.15) is 25.3 Å². The zero-order valence-electron chi connectivity index (χ0n) is 12.5. The Hall–Kier alpha value is -1.60. The van der Waals surface area contributed by atoms with Crippen LogP contribution < -0.4 is 10.1 Å². The molecule has 2 rings (SSSR count). The van der Waals surface area contributed by atoms with E-state index in [1.54, 1.807) is 20.0 Å². The summed E-state index contributed by atoms with van der Waals surface area (Å²) in [5.74, 6) is 0.153. The topological polar surface area (TPSA) is 75.7 Å². The summed E-state index contributed by atoms with van der Waals surface area (Å²) in [6, 6.07) is 3.12. The van der Waals surface area contributed by atoms with Crippen LogP contribution in [0.5, 0.6) is 5.75 Å². The molecule has 6 nitrogen and oxygen atoms in total. The zero-order chi connectivity index (χ0) is 15.6. The lowest BCUT2D eigenvalue weighted by Gasteiger charge is -2.22. The van der Waals surface area contributed by atoms with E-state index in [9.17, 15) is 13.2 Å². The molecular weight excluding hydrogens is 292 g/mol. The molecule has 0 atom stereocenters. The molecule has 21 heavy (non-hydrogen) atoms. The second-order valence-corrected chi connectivity index (χ2v) is 7.14. The highest BCUT2D eigenvalue weighted by Gasteiger charge is 2.26. The van der Waals surface area contributed by atoms with E-state index in [1.165, 1.54) is 10.4 Å². The molecule has 0 saturated carbocycles. The standard InChI is InChI=1S/C14H20N2O4S/c1-4-5-6-16(3)21(18,19)13-8-12-11(7-10(13)2)15-14(17)9-20-12/h7-8H,4-6,9H2,1-3H3,(H,15,17). The van der Waals surface area contributed by atoms with Crippen molar-refractivity contribution in [1.29, 1.82) is 0 Å². The van der Waals surface area contributed by atoms with Crippen LogP contribution in [0.15, 0.2) is 17.0 Å². The van der Waals surface area contributed by atoms with E-state index in [0.29, 0.717) is 23.5 Å². The van der Waals surface area contributed by atoms with Gasteiger partial charge >= 0.3 is 0 Å². The molecule has 1 N–H and O–H groups in total. The van der Waals surface area contributed by atoms with Crippen molar-refractivity contribution in [2.24, 2.45) is 0 Å². The Labute approximate surface area is 125 Å². The summed E-state index contributed by atoms with van der Waals surface area (Å²) in [4.78, 5) is 11.5. The molecule has 1 amide bonds. The van der Waals surface area contributed by atoms with Gasteiger partial charge in [0.1, 0.15) is 5.75 Å². The molecule has 0 spiro atoms. The van der Waals surface area contributed by atoms with Gasteiger partial charge in [-0.3, -0.25) is 4.79 Å². The summed E-state index contributed by atoms with van der Waals surface area (Å²) in [5.41, 5.74) is 1.10. The van der Waals surface area contributed by atoms with Gasteiger partial charge in [0.25, 0.3) is 5.91 Å². The molecule has 1 aliphatic heterocycles. The normalized spacial score (nSPS) is 14.6. The lowest BCUT2D eigenvalue weighted by Crippen LogP contribution is -2.29. The van der Waals surface area contributed by atoms with Crippen molar-refractivity contribution in [2.75, 3.05) is 25.5 Å². The maximum absolute atomic E-state index is 12.6. The highest BCUT2D eigenvalue weighted by molar-refractivity contribution is 7.89. The number of hydrogen-bond acceptors (Lipinski definition) is 4. The van der Waals surface area contributed by atoms with Crippen LogP contribution in [0.4, 0.5) is 5.69 Å². The van der Waals surface area contributed by atoms with Crippen molar-refractivity contribution in [3.05, 3.63) is 17.7 Å². The number of sulfonamides is 1. The van der Waals surface area contributed by atoms with E-state index < -0.39 is 10.0 Å². The SMILES string of the molecule is CCCCN(C)S(=O)(=O)c1cc2c(cc1C)NC(=O)CO2. The minimum atomic E-state index is -3.55. The van der Waals surface area contributed by atoms with Crippen LogP contribution in [0.25, 0.3) is 0 Å². The number of aryl methyl sites for hydroxylation is 1. The predicted octanol–water partition coefficient (Wildman–Crippen LogP) is 1.75. The molecule has 0 unspecified atom stereocenters. The summed E-state index contributed by atoms with van der Waals surface area (Å²) in [6.45, 7) is 4.11. The number of carbonyl (C=O) groups excluding carboxylic acids is 1. The number of nitrogens with one attached hydrogen (secondary N) is 1.